The summed E-state index contributed by atoms with van der Waals surface area (Å²) in [6.45, 7) is 5.70. The van der Waals surface area contributed by atoms with Gasteiger partial charge in [0.1, 0.15) is 0 Å². The van der Waals surface area contributed by atoms with Crippen molar-refractivity contribution in [2.24, 2.45) is 0 Å². The Morgan fingerprint density at radius 1 is 1.42 bits per heavy atom. The standard InChI is InChI=1S/C13H24N2O4/c1-14-9-11(15-3-6-18-7-4-15)8-12(14)10-19-5-2-13(16)17/h11-12H,2-10H2,1H3,(H,16,17)/t11-,12+/m1/s1. The van der Waals surface area contributed by atoms with Crippen LogP contribution in [-0.4, -0.2) is 86.1 Å². The number of carboxylic acid groups (broad SMARTS) is 1. The molecule has 0 bridgehead atoms. The van der Waals surface area contributed by atoms with Crippen LogP contribution in [0.4, 0.5) is 0 Å². The smallest absolute Gasteiger partial charge is 0.305 e. The fourth-order valence-electron chi connectivity index (χ4n) is 2.83. The molecule has 6 heteroatoms. The lowest BCUT2D eigenvalue weighted by Crippen LogP contribution is -2.44. The number of morpholine rings is 1. The summed E-state index contributed by atoms with van der Waals surface area (Å²) in [5.74, 6) is -0.800. The molecule has 1 N–H and O–H groups in total. The Balaban J connectivity index is 1.69. The Morgan fingerprint density at radius 3 is 2.84 bits per heavy atom. The quantitative estimate of drug-likeness (QED) is 0.680. The molecule has 6 nitrogen and oxygen atoms in total. The summed E-state index contributed by atoms with van der Waals surface area (Å²) >= 11 is 0. The molecule has 2 aliphatic heterocycles. The molecule has 0 amide bonds. The van der Waals surface area contributed by atoms with Gasteiger partial charge >= 0.3 is 5.97 Å². The first-order chi connectivity index (χ1) is 9.16. The lowest BCUT2D eigenvalue weighted by atomic mass is 10.1. The minimum atomic E-state index is -0.800. The van der Waals surface area contributed by atoms with Gasteiger partial charge in [0.25, 0.3) is 0 Å². The fraction of sp³-hybridized carbons (Fsp3) is 0.923. The van der Waals surface area contributed by atoms with Crippen LogP contribution in [0.2, 0.25) is 0 Å². The molecule has 0 unspecified atom stereocenters. The maximum atomic E-state index is 10.4. The number of likely N-dealkylation sites (tertiary alicyclic amines) is 1. The Bertz CT molecular complexity index is 294. The van der Waals surface area contributed by atoms with Crippen molar-refractivity contribution in [3.05, 3.63) is 0 Å². The number of aliphatic carboxylic acids is 1. The molecule has 0 saturated carbocycles. The molecule has 2 rings (SSSR count). The summed E-state index contributed by atoms with van der Waals surface area (Å²) in [7, 11) is 2.12. The van der Waals surface area contributed by atoms with Gasteiger partial charge in [-0.05, 0) is 13.5 Å². The van der Waals surface area contributed by atoms with Gasteiger partial charge in [0, 0.05) is 31.7 Å². The van der Waals surface area contributed by atoms with Crippen molar-refractivity contribution in [2.75, 3.05) is 53.1 Å². The minimum Gasteiger partial charge on any atom is -0.481 e. The Labute approximate surface area is 114 Å². The van der Waals surface area contributed by atoms with Gasteiger partial charge in [-0.15, -0.1) is 0 Å². The summed E-state index contributed by atoms with van der Waals surface area (Å²) in [5, 5.41) is 8.56. The van der Waals surface area contributed by atoms with E-state index in [2.05, 4.69) is 16.8 Å². The average molecular weight is 272 g/mol. The number of likely N-dealkylation sites (N-methyl/N-ethyl adjacent to an activating group) is 1. The second-order valence-electron chi connectivity index (χ2n) is 5.35. The highest BCUT2D eigenvalue weighted by molar-refractivity contribution is 5.66. The number of hydrogen-bond acceptors (Lipinski definition) is 5. The SMILES string of the molecule is CN1C[C@H](N2CCOCC2)C[C@H]1COCCC(=O)O. The molecule has 0 aliphatic carbocycles. The lowest BCUT2D eigenvalue weighted by molar-refractivity contribution is -0.138. The fourth-order valence-corrected chi connectivity index (χ4v) is 2.83. The van der Waals surface area contributed by atoms with Crippen LogP contribution in [0.15, 0.2) is 0 Å². The highest BCUT2D eigenvalue weighted by atomic mass is 16.5. The van der Waals surface area contributed by atoms with E-state index in [1.54, 1.807) is 0 Å². The van der Waals surface area contributed by atoms with Gasteiger partial charge in [-0.1, -0.05) is 0 Å². The Kier molecular flexibility index (Phi) is 5.57. The molecule has 2 atom stereocenters. The molecule has 2 aliphatic rings. The molecule has 110 valence electrons. The summed E-state index contributed by atoms with van der Waals surface area (Å²) in [4.78, 5) is 15.2. The molecule has 0 aromatic carbocycles. The lowest BCUT2D eigenvalue weighted by Gasteiger charge is -2.31. The van der Waals surface area contributed by atoms with Gasteiger partial charge in [-0.3, -0.25) is 14.6 Å². The zero-order chi connectivity index (χ0) is 13.7. The molecule has 19 heavy (non-hydrogen) atoms. The van der Waals surface area contributed by atoms with Crippen molar-refractivity contribution in [1.29, 1.82) is 0 Å². The maximum Gasteiger partial charge on any atom is 0.305 e. The second-order valence-corrected chi connectivity index (χ2v) is 5.35. The normalized spacial score (nSPS) is 29.7. The van der Waals surface area contributed by atoms with E-state index in [4.69, 9.17) is 14.6 Å². The van der Waals surface area contributed by atoms with Crippen molar-refractivity contribution in [3.8, 4) is 0 Å². The van der Waals surface area contributed by atoms with Crippen LogP contribution in [0.3, 0.4) is 0 Å². The summed E-state index contributed by atoms with van der Waals surface area (Å²) in [5.41, 5.74) is 0. The van der Waals surface area contributed by atoms with Gasteiger partial charge < -0.3 is 14.6 Å². The molecule has 0 aromatic heterocycles. The van der Waals surface area contributed by atoms with Gasteiger partial charge in [0.15, 0.2) is 0 Å². The summed E-state index contributed by atoms with van der Waals surface area (Å²) in [6.07, 6.45) is 1.19. The number of ether oxygens (including phenoxy) is 2. The predicted octanol–water partition coefficient (Wildman–Crippen LogP) is -0.117. The van der Waals surface area contributed by atoms with E-state index in [-0.39, 0.29) is 6.42 Å². The Hall–Kier alpha value is -0.690. The number of nitrogens with zero attached hydrogens (tertiary/aromatic N) is 2. The molecule has 2 saturated heterocycles. The molecule has 0 radical (unpaired) electrons. The third-order valence-corrected chi connectivity index (χ3v) is 4.00. The molecule has 0 spiro atoms. The van der Waals surface area contributed by atoms with Gasteiger partial charge in [0.05, 0.1) is 32.8 Å². The van der Waals surface area contributed by atoms with E-state index in [1.807, 2.05) is 0 Å². The van der Waals surface area contributed by atoms with Crippen LogP contribution >= 0.6 is 0 Å². The second kappa shape index (κ2) is 7.19. The van der Waals surface area contributed by atoms with Crippen LogP contribution in [-0.2, 0) is 14.3 Å². The maximum absolute atomic E-state index is 10.4. The van der Waals surface area contributed by atoms with E-state index >= 15 is 0 Å². The van der Waals surface area contributed by atoms with Gasteiger partial charge in [0.2, 0.25) is 0 Å². The van der Waals surface area contributed by atoms with E-state index in [1.165, 1.54) is 0 Å². The van der Waals surface area contributed by atoms with Crippen molar-refractivity contribution in [3.63, 3.8) is 0 Å². The largest absolute Gasteiger partial charge is 0.481 e. The highest BCUT2D eigenvalue weighted by Gasteiger charge is 2.33. The molecular weight excluding hydrogens is 248 g/mol. The highest BCUT2D eigenvalue weighted by Crippen LogP contribution is 2.21. The predicted molar refractivity (Wildman–Crippen MR) is 70.3 cm³/mol. The van der Waals surface area contributed by atoms with E-state index in [9.17, 15) is 4.79 Å². The van der Waals surface area contributed by atoms with Crippen LogP contribution in [0.1, 0.15) is 12.8 Å². The molecule has 2 heterocycles. The van der Waals surface area contributed by atoms with E-state index in [0.717, 1.165) is 39.3 Å². The molecule has 2 fully saturated rings. The van der Waals surface area contributed by atoms with E-state index < -0.39 is 5.97 Å². The third-order valence-electron chi connectivity index (χ3n) is 4.00. The Morgan fingerprint density at radius 2 is 2.16 bits per heavy atom. The number of rotatable bonds is 6. The first-order valence-electron chi connectivity index (χ1n) is 6.98. The number of hydrogen-bond donors (Lipinski definition) is 1. The van der Waals surface area contributed by atoms with Crippen LogP contribution in [0.5, 0.6) is 0 Å². The van der Waals surface area contributed by atoms with Gasteiger partial charge in [-0.25, -0.2) is 0 Å². The first-order valence-corrected chi connectivity index (χ1v) is 6.98. The summed E-state index contributed by atoms with van der Waals surface area (Å²) in [6, 6.07) is 0.989. The van der Waals surface area contributed by atoms with Crippen molar-refractivity contribution < 1.29 is 19.4 Å². The molecular formula is C13H24N2O4. The average Bonchev–Trinajstić information content (AvgIpc) is 2.77. The third kappa shape index (κ3) is 4.42. The monoisotopic (exact) mass is 272 g/mol. The van der Waals surface area contributed by atoms with Crippen LogP contribution < -0.4 is 0 Å². The topological polar surface area (TPSA) is 62.2 Å². The van der Waals surface area contributed by atoms with Gasteiger partial charge in [-0.2, -0.15) is 0 Å². The zero-order valence-electron chi connectivity index (χ0n) is 11.6. The minimum absolute atomic E-state index is 0.0866. The van der Waals surface area contributed by atoms with Crippen LogP contribution in [0, 0.1) is 0 Å². The zero-order valence-corrected chi connectivity index (χ0v) is 11.6. The van der Waals surface area contributed by atoms with Crippen molar-refractivity contribution in [2.45, 2.75) is 24.9 Å². The molecule has 0 aromatic rings. The first kappa shape index (κ1) is 14.7. The summed E-state index contributed by atoms with van der Waals surface area (Å²) < 4.78 is 10.8. The van der Waals surface area contributed by atoms with Crippen molar-refractivity contribution >= 4 is 5.97 Å². The number of carbonyl (C=O) groups is 1. The van der Waals surface area contributed by atoms with E-state index in [0.29, 0.717) is 25.3 Å². The number of carboxylic acids is 1. The van der Waals surface area contributed by atoms with Crippen LogP contribution in [0.25, 0.3) is 0 Å². The van der Waals surface area contributed by atoms with Crippen molar-refractivity contribution in [1.82, 2.24) is 9.80 Å².